The third-order valence-electron chi connectivity index (χ3n) is 5.48. The Kier molecular flexibility index (Phi) is 5.74. The Morgan fingerprint density at radius 3 is 2.60 bits per heavy atom. The summed E-state index contributed by atoms with van der Waals surface area (Å²) in [6.07, 6.45) is 3.86. The molecule has 1 spiro atoms. The van der Waals surface area contributed by atoms with E-state index in [1.54, 1.807) is 4.90 Å². The average molecular weight is 344 g/mol. The molecule has 1 aromatic carbocycles. The van der Waals surface area contributed by atoms with Gasteiger partial charge in [0.25, 0.3) is 0 Å². The standard InChI is InChI=1S/C20H28N2O3/c1-2-22-19(24)15-21(16-20(22)11-13-25-14-12-20)18(23)10-6-9-17-7-4-3-5-8-17/h3-5,7-8H,2,6,9-16H2,1H3. The zero-order chi connectivity index (χ0) is 17.7. The third-order valence-corrected chi connectivity index (χ3v) is 5.48. The van der Waals surface area contributed by atoms with Gasteiger partial charge in [0.2, 0.25) is 11.8 Å². The number of amides is 2. The number of ether oxygens (including phenoxy) is 1. The van der Waals surface area contributed by atoms with Crippen molar-refractivity contribution in [3.63, 3.8) is 0 Å². The second kappa shape index (κ2) is 8.00. The summed E-state index contributed by atoms with van der Waals surface area (Å²) in [6.45, 7) is 4.93. The molecule has 0 aromatic heterocycles. The zero-order valence-electron chi connectivity index (χ0n) is 15.1. The number of piperazine rings is 1. The Bertz CT molecular complexity index is 596. The van der Waals surface area contributed by atoms with Gasteiger partial charge >= 0.3 is 0 Å². The molecule has 3 rings (SSSR count). The lowest BCUT2D eigenvalue weighted by Crippen LogP contribution is -2.67. The molecule has 5 nitrogen and oxygen atoms in total. The fourth-order valence-electron chi connectivity index (χ4n) is 4.12. The molecule has 2 heterocycles. The molecule has 2 saturated heterocycles. The van der Waals surface area contributed by atoms with E-state index in [2.05, 4.69) is 12.1 Å². The van der Waals surface area contributed by atoms with Crippen LogP contribution >= 0.6 is 0 Å². The van der Waals surface area contributed by atoms with Gasteiger partial charge in [0.1, 0.15) is 0 Å². The van der Waals surface area contributed by atoms with Crippen LogP contribution in [-0.2, 0) is 20.7 Å². The van der Waals surface area contributed by atoms with Crippen LogP contribution < -0.4 is 0 Å². The fourth-order valence-corrected chi connectivity index (χ4v) is 4.12. The molecule has 1 aromatic rings. The van der Waals surface area contributed by atoms with Crippen molar-refractivity contribution in [2.75, 3.05) is 32.8 Å². The first-order valence-electron chi connectivity index (χ1n) is 9.34. The number of carbonyl (C=O) groups is 2. The SMILES string of the molecule is CCN1C(=O)CN(C(=O)CCCc2ccccc2)CC12CCOCC2. The van der Waals surface area contributed by atoms with E-state index in [-0.39, 0.29) is 23.9 Å². The summed E-state index contributed by atoms with van der Waals surface area (Å²) in [5, 5.41) is 0. The molecule has 2 aliphatic rings. The van der Waals surface area contributed by atoms with Crippen molar-refractivity contribution in [2.24, 2.45) is 0 Å². The maximum absolute atomic E-state index is 12.7. The first kappa shape index (κ1) is 17.9. The normalized spacial score (nSPS) is 20.1. The molecular formula is C20H28N2O3. The molecular weight excluding hydrogens is 316 g/mol. The molecule has 0 saturated carbocycles. The molecule has 5 heteroatoms. The third kappa shape index (κ3) is 4.03. The molecule has 0 radical (unpaired) electrons. The molecule has 0 unspecified atom stereocenters. The minimum absolute atomic E-state index is 0.0760. The molecule has 2 fully saturated rings. The van der Waals surface area contributed by atoms with Gasteiger partial charge in [-0.15, -0.1) is 0 Å². The van der Waals surface area contributed by atoms with Crippen LogP contribution in [-0.4, -0.2) is 60.0 Å². The van der Waals surface area contributed by atoms with Gasteiger partial charge in [-0.05, 0) is 38.2 Å². The van der Waals surface area contributed by atoms with E-state index in [4.69, 9.17) is 4.74 Å². The summed E-state index contributed by atoms with van der Waals surface area (Å²) in [4.78, 5) is 29.0. The van der Waals surface area contributed by atoms with Crippen LogP contribution in [0.1, 0.15) is 38.2 Å². The largest absolute Gasteiger partial charge is 0.381 e. The van der Waals surface area contributed by atoms with Gasteiger partial charge in [0.15, 0.2) is 0 Å². The van der Waals surface area contributed by atoms with Crippen molar-refractivity contribution in [2.45, 2.75) is 44.6 Å². The van der Waals surface area contributed by atoms with Gasteiger partial charge in [-0.1, -0.05) is 30.3 Å². The zero-order valence-corrected chi connectivity index (χ0v) is 15.1. The lowest BCUT2D eigenvalue weighted by molar-refractivity contribution is -0.160. The first-order chi connectivity index (χ1) is 12.1. The lowest BCUT2D eigenvalue weighted by Gasteiger charge is -2.52. The molecule has 0 aliphatic carbocycles. The minimum Gasteiger partial charge on any atom is -0.381 e. The number of aryl methyl sites for hydroxylation is 1. The van der Waals surface area contributed by atoms with Crippen molar-refractivity contribution in [3.8, 4) is 0 Å². The number of hydrogen-bond donors (Lipinski definition) is 0. The Morgan fingerprint density at radius 1 is 1.20 bits per heavy atom. The number of rotatable bonds is 5. The second-order valence-electron chi connectivity index (χ2n) is 7.06. The van der Waals surface area contributed by atoms with Crippen LogP contribution in [0, 0.1) is 0 Å². The van der Waals surface area contributed by atoms with Crippen molar-refractivity contribution in [3.05, 3.63) is 35.9 Å². The highest BCUT2D eigenvalue weighted by molar-refractivity contribution is 5.87. The van der Waals surface area contributed by atoms with Gasteiger partial charge < -0.3 is 14.5 Å². The van der Waals surface area contributed by atoms with Crippen LogP contribution in [0.15, 0.2) is 30.3 Å². The summed E-state index contributed by atoms with van der Waals surface area (Å²) < 4.78 is 5.49. The van der Waals surface area contributed by atoms with E-state index in [0.717, 1.165) is 25.7 Å². The Balaban J connectivity index is 1.59. The maximum atomic E-state index is 12.7. The minimum atomic E-state index is -0.225. The van der Waals surface area contributed by atoms with Gasteiger partial charge in [-0.25, -0.2) is 0 Å². The molecule has 25 heavy (non-hydrogen) atoms. The predicted octanol–water partition coefficient (Wildman–Crippen LogP) is 2.25. The molecule has 2 aliphatic heterocycles. The van der Waals surface area contributed by atoms with Crippen LogP contribution in [0.25, 0.3) is 0 Å². The Hall–Kier alpha value is -1.88. The molecule has 0 atom stereocenters. The number of nitrogens with zero attached hydrogens (tertiary/aromatic N) is 2. The van der Waals surface area contributed by atoms with Gasteiger partial charge in [0, 0.05) is 32.7 Å². The van der Waals surface area contributed by atoms with E-state index >= 15 is 0 Å². The smallest absolute Gasteiger partial charge is 0.242 e. The van der Waals surface area contributed by atoms with Gasteiger partial charge in [0.05, 0.1) is 12.1 Å². The van der Waals surface area contributed by atoms with Gasteiger partial charge in [-0.2, -0.15) is 0 Å². The highest BCUT2D eigenvalue weighted by atomic mass is 16.5. The molecule has 0 bridgehead atoms. The molecule has 136 valence electrons. The van der Waals surface area contributed by atoms with E-state index in [1.807, 2.05) is 30.0 Å². The highest BCUT2D eigenvalue weighted by Crippen LogP contribution is 2.32. The number of likely N-dealkylation sites (N-methyl/N-ethyl adjacent to an activating group) is 1. The van der Waals surface area contributed by atoms with E-state index < -0.39 is 0 Å². The monoisotopic (exact) mass is 344 g/mol. The summed E-state index contributed by atoms with van der Waals surface area (Å²) in [5.41, 5.74) is 1.03. The summed E-state index contributed by atoms with van der Waals surface area (Å²) in [7, 11) is 0. The van der Waals surface area contributed by atoms with E-state index in [1.165, 1.54) is 5.56 Å². The van der Waals surface area contributed by atoms with Crippen LogP contribution in [0.5, 0.6) is 0 Å². The van der Waals surface area contributed by atoms with Crippen LogP contribution in [0.3, 0.4) is 0 Å². The molecule has 0 N–H and O–H groups in total. The number of hydrogen-bond acceptors (Lipinski definition) is 3. The van der Waals surface area contributed by atoms with E-state index in [0.29, 0.717) is 32.7 Å². The topological polar surface area (TPSA) is 49.9 Å². The maximum Gasteiger partial charge on any atom is 0.242 e. The van der Waals surface area contributed by atoms with Gasteiger partial charge in [-0.3, -0.25) is 9.59 Å². The lowest BCUT2D eigenvalue weighted by atomic mass is 9.85. The summed E-state index contributed by atoms with van der Waals surface area (Å²) in [5.74, 6) is 0.179. The van der Waals surface area contributed by atoms with Crippen LogP contribution in [0.4, 0.5) is 0 Å². The van der Waals surface area contributed by atoms with E-state index in [9.17, 15) is 9.59 Å². The summed E-state index contributed by atoms with van der Waals surface area (Å²) in [6, 6.07) is 10.2. The second-order valence-corrected chi connectivity index (χ2v) is 7.06. The molecule has 2 amide bonds. The average Bonchev–Trinajstić information content (AvgIpc) is 2.63. The quantitative estimate of drug-likeness (QED) is 0.823. The van der Waals surface area contributed by atoms with Crippen molar-refractivity contribution >= 4 is 11.8 Å². The highest BCUT2D eigenvalue weighted by Gasteiger charge is 2.46. The van der Waals surface area contributed by atoms with Crippen molar-refractivity contribution in [1.82, 2.24) is 9.80 Å². The first-order valence-corrected chi connectivity index (χ1v) is 9.34. The summed E-state index contributed by atoms with van der Waals surface area (Å²) >= 11 is 0. The van der Waals surface area contributed by atoms with Crippen molar-refractivity contribution in [1.29, 1.82) is 0 Å². The van der Waals surface area contributed by atoms with Crippen molar-refractivity contribution < 1.29 is 14.3 Å². The Labute approximate surface area is 149 Å². The Morgan fingerprint density at radius 2 is 1.92 bits per heavy atom. The predicted molar refractivity (Wildman–Crippen MR) is 96.1 cm³/mol. The number of benzene rings is 1. The number of carbonyl (C=O) groups excluding carboxylic acids is 2. The van der Waals surface area contributed by atoms with Crippen LogP contribution in [0.2, 0.25) is 0 Å². The fraction of sp³-hybridized carbons (Fsp3) is 0.600.